The van der Waals surface area contributed by atoms with Crippen molar-refractivity contribution in [3.8, 4) is 0 Å². The SMILES string of the molecule is Cc1cc(S(=O)(=O)N2C[C@@H](N)[C@H](c3ccccc3)C2)c(F)cc1F.Cl. The van der Waals surface area contributed by atoms with E-state index < -0.39 is 26.6 Å². The normalized spacial score (nSPS) is 21.1. The quantitative estimate of drug-likeness (QED) is 0.879. The molecule has 3 rings (SSSR count). The number of sulfonamides is 1. The van der Waals surface area contributed by atoms with E-state index in [9.17, 15) is 17.2 Å². The van der Waals surface area contributed by atoms with E-state index in [4.69, 9.17) is 5.73 Å². The van der Waals surface area contributed by atoms with Crippen LogP contribution in [0.4, 0.5) is 8.78 Å². The first kappa shape index (κ1) is 19.8. The van der Waals surface area contributed by atoms with E-state index in [0.717, 1.165) is 11.6 Å². The first-order valence-electron chi connectivity index (χ1n) is 7.57. The Labute approximate surface area is 152 Å². The van der Waals surface area contributed by atoms with Crippen molar-refractivity contribution in [2.45, 2.75) is 23.8 Å². The van der Waals surface area contributed by atoms with E-state index in [1.54, 1.807) is 0 Å². The molecule has 1 saturated heterocycles. The summed E-state index contributed by atoms with van der Waals surface area (Å²) < 4.78 is 54.1. The highest BCUT2D eigenvalue weighted by Gasteiger charge is 2.39. The maximum atomic E-state index is 14.0. The number of halogens is 3. The summed E-state index contributed by atoms with van der Waals surface area (Å²) in [6, 6.07) is 10.6. The van der Waals surface area contributed by atoms with Gasteiger partial charge < -0.3 is 5.73 Å². The van der Waals surface area contributed by atoms with Crippen LogP contribution in [0.1, 0.15) is 17.0 Å². The van der Waals surface area contributed by atoms with Gasteiger partial charge >= 0.3 is 0 Å². The van der Waals surface area contributed by atoms with Gasteiger partial charge in [-0.15, -0.1) is 12.4 Å². The van der Waals surface area contributed by atoms with Gasteiger partial charge in [-0.2, -0.15) is 4.31 Å². The molecular weight excluding hydrogens is 370 g/mol. The maximum Gasteiger partial charge on any atom is 0.246 e. The zero-order valence-electron chi connectivity index (χ0n) is 13.5. The molecule has 0 aromatic heterocycles. The third-order valence-corrected chi connectivity index (χ3v) is 6.24. The zero-order valence-corrected chi connectivity index (χ0v) is 15.2. The largest absolute Gasteiger partial charge is 0.326 e. The molecule has 2 N–H and O–H groups in total. The van der Waals surface area contributed by atoms with Gasteiger partial charge in [0.05, 0.1) is 0 Å². The predicted molar refractivity (Wildman–Crippen MR) is 94.3 cm³/mol. The fourth-order valence-electron chi connectivity index (χ4n) is 3.01. The number of hydrogen-bond donors (Lipinski definition) is 1. The summed E-state index contributed by atoms with van der Waals surface area (Å²) in [5.41, 5.74) is 7.13. The van der Waals surface area contributed by atoms with Gasteiger partial charge in [0.2, 0.25) is 10.0 Å². The van der Waals surface area contributed by atoms with Crippen molar-refractivity contribution >= 4 is 22.4 Å². The molecule has 136 valence electrons. The summed E-state index contributed by atoms with van der Waals surface area (Å²) in [7, 11) is -4.07. The lowest BCUT2D eigenvalue weighted by Crippen LogP contribution is -2.32. The Kier molecular flexibility index (Phi) is 5.83. The number of benzene rings is 2. The third-order valence-electron chi connectivity index (χ3n) is 4.39. The zero-order chi connectivity index (χ0) is 17.5. The Bertz CT molecular complexity index is 862. The summed E-state index contributed by atoms with van der Waals surface area (Å²) in [6.07, 6.45) is 0. The average Bonchev–Trinajstić information content (AvgIpc) is 2.94. The smallest absolute Gasteiger partial charge is 0.246 e. The molecule has 25 heavy (non-hydrogen) atoms. The second-order valence-electron chi connectivity index (χ2n) is 6.03. The summed E-state index contributed by atoms with van der Waals surface area (Å²) in [4.78, 5) is -0.512. The van der Waals surface area contributed by atoms with Gasteiger partial charge in [-0.25, -0.2) is 17.2 Å². The van der Waals surface area contributed by atoms with E-state index in [0.29, 0.717) is 6.07 Å². The van der Waals surface area contributed by atoms with E-state index in [1.165, 1.54) is 11.2 Å². The fraction of sp³-hybridized carbons (Fsp3) is 0.294. The van der Waals surface area contributed by atoms with E-state index in [1.807, 2.05) is 30.3 Å². The first-order valence-corrected chi connectivity index (χ1v) is 9.01. The van der Waals surface area contributed by atoms with Crippen LogP contribution in [0.2, 0.25) is 0 Å². The molecule has 1 fully saturated rings. The number of nitrogens with zero attached hydrogens (tertiary/aromatic N) is 1. The highest BCUT2D eigenvalue weighted by atomic mass is 35.5. The molecule has 0 radical (unpaired) electrons. The molecule has 2 atom stereocenters. The standard InChI is InChI=1S/C17H18F2N2O2S.ClH/c1-11-7-17(15(19)8-14(11)18)24(22,23)21-9-13(16(20)10-21)12-5-3-2-4-6-12;/h2-8,13,16H,9-10,20H2,1H3;1H/t13-,16+;/m0./s1. The second-order valence-corrected chi connectivity index (χ2v) is 7.94. The molecule has 8 heteroatoms. The lowest BCUT2D eigenvalue weighted by atomic mass is 9.95. The molecule has 1 aliphatic heterocycles. The number of rotatable bonds is 3. The Morgan fingerprint density at radius 3 is 2.36 bits per heavy atom. The van der Waals surface area contributed by atoms with Gasteiger partial charge in [0, 0.05) is 31.1 Å². The topological polar surface area (TPSA) is 63.4 Å². The van der Waals surface area contributed by atoms with Crippen LogP contribution in [0.3, 0.4) is 0 Å². The monoisotopic (exact) mass is 388 g/mol. The molecule has 2 aromatic rings. The minimum Gasteiger partial charge on any atom is -0.326 e. The minimum atomic E-state index is -4.07. The number of hydrogen-bond acceptors (Lipinski definition) is 3. The fourth-order valence-corrected chi connectivity index (χ4v) is 4.64. The minimum absolute atomic E-state index is 0. The van der Waals surface area contributed by atoms with Crippen LogP contribution in [0, 0.1) is 18.6 Å². The molecule has 0 amide bonds. The van der Waals surface area contributed by atoms with Gasteiger partial charge in [0.15, 0.2) is 0 Å². The molecule has 1 aliphatic rings. The summed E-state index contributed by atoms with van der Waals surface area (Å²) >= 11 is 0. The van der Waals surface area contributed by atoms with Crippen molar-refractivity contribution in [3.63, 3.8) is 0 Å². The summed E-state index contributed by atoms with van der Waals surface area (Å²) in [5, 5.41) is 0. The van der Waals surface area contributed by atoms with Gasteiger partial charge in [-0.05, 0) is 24.1 Å². The Morgan fingerprint density at radius 1 is 1.08 bits per heavy atom. The van der Waals surface area contributed by atoms with Crippen LogP contribution in [0.25, 0.3) is 0 Å². The molecule has 0 spiro atoms. The van der Waals surface area contributed by atoms with Crippen LogP contribution in [0.15, 0.2) is 47.4 Å². The lowest BCUT2D eigenvalue weighted by molar-refractivity contribution is 0.461. The van der Waals surface area contributed by atoms with Gasteiger partial charge in [0.25, 0.3) is 0 Å². The summed E-state index contributed by atoms with van der Waals surface area (Å²) in [5.74, 6) is -2.02. The molecule has 4 nitrogen and oxygen atoms in total. The van der Waals surface area contributed by atoms with Crippen molar-refractivity contribution in [2.75, 3.05) is 13.1 Å². The molecule has 0 saturated carbocycles. The molecule has 0 aliphatic carbocycles. The van der Waals surface area contributed by atoms with Gasteiger partial charge in [-0.1, -0.05) is 30.3 Å². The van der Waals surface area contributed by atoms with Crippen molar-refractivity contribution in [3.05, 3.63) is 65.2 Å². The van der Waals surface area contributed by atoms with Crippen molar-refractivity contribution in [1.29, 1.82) is 0 Å². The number of nitrogens with two attached hydrogens (primary N) is 1. The Morgan fingerprint density at radius 2 is 1.72 bits per heavy atom. The lowest BCUT2D eigenvalue weighted by Gasteiger charge is -2.17. The first-order chi connectivity index (χ1) is 11.3. The van der Waals surface area contributed by atoms with Crippen molar-refractivity contribution in [2.24, 2.45) is 5.73 Å². The van der Waals surface area contributed by atoms with Gasteiger partial charge in [0.1, 0.15) is 16.5 Å². The summed E-state index contributed by atoms with van der Waals surface area (Å²) in [6.45, 7) is 1.66. The van der Waals surface area contributed by atoms with Gasteiger partial charge in [-0.3, -0.25) is 0 Å². The second kappa shape index (κ2) is 7.37. The Balaban J connectivity index is 0.00000225. The average molecular weight is 389 g/mol. The molecule has 0 unspecified atom stereocenters. The van der Waals surface area contributed by atoms with Crippen LogP contribution in [0.5, 0.6) is 0 Å². The highest BCUT2D eigenvalue weighted by molar-refractivity contribution is 7.89. The Hall–Kier alpha value is -1.54. The molecule has 0 bridgehead atoms. The van der Waals surface area contributed by atoms with Crippen LogP contribution in [-0.2, 0) is 10.0 Å². The molecule has 1 heterocycles. The van der Waals surface area contributed by atoms with Crippen molar-refractivity contribution < 1.29 is 17.2 Å². The van der Waals surface area contributed by atoms with E-state index in [-0.39, 0.29) is 43.0 Å². The van der Waals surface area contributed by atoms with Crippen LogP contribution in [-0.4, -0.2) is 31.9 Å². The van der Waals surface area contributed by atoms with E-state index in [2.05, 4.69) is 0 Å². The van der Waals surface area contributed by atoms with Crippen LogP contribution < -0.4 is 5.73 Å². The molecule has 2 aromatic carbocycles. The third kappa shape index (κ3) is 3.69. The van der Waals surface area contributed by atoms with Crippen molar-refractivity contribution in [1.82, 2.24) is 4.31 Å². The number of aryl methyl sites for hydroxylation is 1. The predicted octanol–water partition coefficient (Wildman–Crippen LogP) is 2.81. The maximum absolute atomic E-state index is 14.0. The molecular formula is C17H19ClF2N2O2S. The highest BCUT2D eigenvalue weighted by Crippen LogP contribution is 2.31. The van der Waals surface area contributed by atoms with Crippen LogP contribution >= 0.6 is 12.4 Å². The van der Waals surface area contributed by atoms with E-state index >= 15 is 0 Å².